The van der Waals surface area contributed by atoms with Crippen molar-refractivity contribution >= 4 is 51.8 Å². The summed E-state index contributed by atoms with van der Waals surface area (Å²) in [5.74, 6) is -0.315. The zero-order valence-electron chi connectivity index (χ0n) is 12.3. The van der Waals surface area contributed by atoms with Crippen LogP contribution in [0.4, 0.5) is 11.4 Å². The Morgan fingerprint density at radius 2 is 2.05 bits per heavy atom. The summed E-state index contributed by atoms with van der Waals surface area (Å²) in [5.41, 5.74) is 0.936. The van der Waals surface area contributed by atoms with E-state index < -0.39 is 0 Å². The fourth-order valence-corrected chi connectivity index (χ4v) is 3.16. The van der Waals surface area contributed by atoms with Gasteiger partial charge in [-0.15, -0.1) is 11.3 Å². The van der Waals surface area contributed by atoms with E-state index in [4.69, 9.17) is 23.2 Å². The van der Waals surface area contributed by atoms with Crippen molar-refractivity contribution in [3.63, 3.8) is 0 Å². The number of rotatable bonds is 4. The van der Waals surface area contributed by atoms with Crippen molar-refractivity contribution in [1.82, 2.24) is 4.57 Å². The highest BCUT2D eigenvalue weighted by Gasteiger charge is 2.14. The maximum atomic E-state index is 12.2. The monoisotopic (exact) mass is 359 g/mol. The first-order valence-corrected chi connectivity index (χ1v) is 8.08. The zero-order chi connectivity index (χ0) is 16.4. The molecule has 0 bridgehead atoms. The zero-order valence-corrected chi connectivity index (χ0v) is 14.6. The van der Waals surface area contributed by atoms with Gasteiger partial charge in [0.25, 0.3) is 11.5 Å². The first kappa shape index (κ1) is 16.9. The highest BCUT2D eigenvalue weighted by Crippen LogP contribution is 2.32. The number of nitrogens with one attached hydrogen (secondary N) is 1. The number of thiophene rings is 1. The van der Waals surface area contributed by atoms with Gasteiger partial charge in [0.1, 0.15) is 10.0 Å². The lowest BCUT2D eigenvalue weighted by molar-refractivity contribution is 0.103. The molecule has 2 aromatic heterocycles. The van der Waals surface area contributed by atoms with Crippen LogP contribution in [-0.2, 0) is 6.54 Å². The summed E-state index contributed by atoms with van der Waals surface area (Å²) >= 11 is 12.8. The smallest absolute Gasteiger partial charge is 0.274 e. The number of carbonyl (C=O) groups excluding carboxylic acids is 1. The largest absolute Gasteiger partial charge is 0.373 e. The molecule has 1 amide bonds. The highest BCUT2D eigenvalue weighted by atomic mass is 35.5. The predicted octanol–water partition coefficient (Wildman–Crippen LogP) is 3.55. The SMILES string of the molecule is CCn1cc(NC(=O)c2cc(Cl)c(Cl)s2)cc(N(C)C)c1=O. The molecule has 2 aromatic rings. The lowest BCUT2D eigenvalue weighted by Gasteiger charge is -2.16. The number of pyridine rings is 1. The Hall–Kier alpha value is -1.50. The summed E-state index contributed by atoms with van der Waals surface area (Å²) in [6.45, 7) is 2.38. The molecule has 0 saturated carbocycles. The van der Waals surface area contributed by atoms with Crippen molar-refractivity contribution in [1.29, 1.82) is 0 Å². The van der Waals surface area contributed by atoms with Crippen LogP contribution in [-0.4, -0.2) is 24.6 Å². The van der Waals surface area contributed by atoms with Gasteiger partial charge in [-0.05, 0) is 19.1 Å². The van der Waals surface area contributed by atoms with Gasteiger partial charge in [-0.1, -0.05) is 23.2 Å². The van der Waals surface area contributed by atoms with Crippen LogP contribution < -0.4 is 15.8 Å². The minimum atomic E-state index is -0.315. The third-order valence-electron chi connectivity index (χ3n) is 3.02. The predicted molar refractivity (Wildman–Crippen MR) is 93.0 cm³/mol. The molecule has 0 aliphatic rings. The Kier molecular flexibility index (Phi) is 5.16. The van der Waals surface area contributed by atoms with E-state index in [-0.39, 0.29) is 11.5 Å². The molecule has 8 heteroatoms. The summed E-state index contributed by atoms with van der Waals surface area (Å²) in [7, 11) is 3.56. The average molecular weight is 360 g/mol. The molecule has 118 valence electrons. The molecule has 22 heavy (non-hydrogen) atoms. The second kappa shape index (κ2) is 6.73. The van der Waals surface area contributed by atoms with Crippen molar-refractivity contribution in [2.45, 2.75) is 13.5 Å². The maximum absolute atomic E-state index is 12.2. The molecular weight excluding hydrogens is 345 g/mol. The number of carbonyl (C=O) groups is 1. The number of aryl methyl sites for hydroxylation is 1. The van der Waals surface area contributed by atoms with E-state index in [2.05, 4.69) is 5.32 Å². The number of anilines is 2. The van der Waals surface area contributed by atoms with Crippen molar-refractivity contribution in [2.24, 2.45) is 0 Å². The van der Waals surface area contributed by atoms with Crippen molar-refractivity contribution < 1.29 is 4.79 Å². The quantitative estimate of drug-likeness (QED) is 0.907. The number of amides is 1. The lowest BCUT2D eigenvalue weighted by atomic mass is 10.3. The Balaban J connectivity index is 2.35. The minimum absolute atomic E-state index is 0.104. The second-order valence-corrected chi connectivity index (χ2v) is 6.85. The Labute approximate surface area is 142 Å². The summed E-state index contributed by atoms with van der Waals surface area (Å²) in [4.78, 5) is 26.5. The fourth-order valence-electron chi connectivity index (χ4n) is 1.89. The molecule has 0 spiro atoms. The number of hydrogen-bond acceptors (Lipinski definition) is 4. The van der Waals surface area contributed by atoms with E-state index in [1.165, 1.54) is 6.07 Å². The van der Waals surface area contributed by atoms with Crippen LogP contribution in [0.25, 0.3) is 0 Å². The molecule has 2 heterocycles. The van der Waals surface area contributed by atoms with Crippen LogP contribution in [0.1, 0.15) is 16.6 Å². The van der Waals surface area contributed by atoms with E-state index in [1.807, 2.05) is 6.92 Å². The van der Waals surface area contributed by atoms with E-state index in [0.717, 1.165) is 11.3 Å². The molecule has 0 saturated heterocycles. The Bertz CT molecular complexity index is 748. The molecule has 0 aliphatic heterocycles. The van der Waals surface area contributed by atoms with Crippen LogP contribution in [0.5, 0.6) is 0 Å². The van der Waals surface area contributed by atoms with Gasteiger partial charge in [-0.25, -0.2) is 0 Å². The van der Waals surface area contributed by atoms with Crippen LogP contribution in [0.2, 0.25) is 9.36 Å². The molecule has 0 aromatic carbocycles. The Morgan fingerprint density at radius 1 is 1.36 bits per heavy atom. The van der Waals surface area contributed by atoms with Crippen LogP contribution in [0.15, 0.2) is 23.1 Å². The van der Waals surface area contributed by atoms with E-state index in [1.54, 1.807) is 35.8 Å². The molecule has 0 fully saturated rings. The van der Waals surface area contributed by atoms with E-state index in [9.17, 15) is 9.59 Å². The van der Waals surface area contributed by atoms with Gasteiger partial charge in [0, 0.05) is 26.8 Å². The first-order chi connectivity index (χ1) is 10.3. The summed E-state index contributed by atoms with van der Waals surface area (Å²) in [5, 5.41) is 3.12. The average Bonchev–Trinajstić information content (AvgIpc) is 2.80. The van der Waals surface area contributed by atoms with Crippen LogP contribution in [0.3, 0.4) is 0 Å². The maximum Gasteiger partial charge on any atom is 0.274 e. The highest BCUT2D eigenvalue weighted by molar-refractivity contribution is 7.18. The van der Waals surface area contributed by atoms with Crippen molar-refractivity contribution in [3.8, 4) is 0 Å². The molecule has 0 radical (unpaired) electrons. The summed E-state index contributed by atoms with van der Waals surface area (Å²) in [6, 6.07) is 3.16. The molecule has 5 nitrogen and oxygen atoms in total. The van der Waals surface area contributed by atoms with Gasteiger partial charge in [0.05, 0.1) is 15.6 Å². The molecule has 0 atom stereocenters. The Morgan fingerprint density at radius 3 is 2.55 bits per heavy atom. The molecular formula is C14H15Cl2N3O2S. The first-order valence-electron chi connectivity index (χ1n) is 6.51. The number of halogens is 2. The topological polar surface area (TPSA) is 54.3 Å². The summed E-state index contributed by atoms with van der Waals surface area (Å²) < 4.78 is 1.92. The van der Waals surface area contributed by atoms with Gasteiger partial charge in [0.2, 0.25) is 0 Å². The molecule has 2 rings (SSSR count). The van der Waals surface area contributed by atoms with Gasteiger partial charge >= 0.3 is 0 Å². The fraction of sp³-hybridized carbons (Fsp3) is 0.286. The van der Waals surface area contributed by atoms with Crippen LogP contribution >= 0.6 is 34.5 Å². The number of nitrogens with zero attached hydrogens (tertiary/aromatic N) is 2. The van der Waals surface area contributed by atoms with E-state index in [0.29, 0.717) is 32.2 Å². The minimum Gasteiger partial charge on any atom is -0.373 e. The van der Waals surface area contributed by atoms with Gasteiger partial charge in [0.15, 0.2) is 0 Å². The summed E-state index contributed by atoms with van der Waals surface area (Å²) in [6.07, 6.45) is 1.62. The van der Waals surface area contributed by atoms with Gasteiger partial charge < -0.3 is 14.8 Å². The van der Waals surface area contributed by atoms with Crippen molar-refractivity contribution in [2.75, 3.05) is 24.3 Å². The standard InChI is InChI=1S/C14H15Cl2N3O2S/c1-4-19-7-8(5-10(14(19)21)18(2)3)17-13(20)11-6-9(15)12(16)22-11/h5-7H,4H2,1-3H3,(H,17,20). The second-order valence-electron chi connectivity index (χ2n) is 4.79. The number of aromatic nitrogens is 1. The molecule has 1 N–H and O–H groups in total. The van der Waals surface area contributed by atoms with E-state index >= 15 is 0 Å². The van der Waals surface area contributed by atoms with Crippen molar-refractivity contribution in [3.05, 3.63) is 42.9 Å². The third-order valence-corrected chi connectivity index (χ3v) is 4.88. The van der Waals surface area contributed by atoms with Gasteiger partial charge in [-0.3, -0.25) is 9.59 Å². The van der Waals surface area contributed by atoms with Crippen LogP contribution in [0, 0.1) is 0 Å². The normalized spacial score (nSPS) is 10.6. The van der Waals surface area contributed by atoms with Gasteiger partial charge in [-0.2, -0.15) is 0 Å². The number of hydrogen-bond donors (Lipinski definition) is 1. The lowest BCUT2D eigenvalue weighted by Crippen LogP contribution is -2.27. The molecule has 0 unspecified atom stereocenters. The molecule has 0 aliphatic carbocycles. The third kappa shape index (κ3) is 3.45.